The fraction of sp³-hybridized carbons (Fsp3) is 0.400. The largest absolute Gasteiger partial charge is 0.496 e. The van der Waals surface area contributed by atoms with Gasteiger partial charge in [0.25, 0.3) is 0 Å². The standard InChI is InChI=1S/C20H21ClN2O4/c1-9-7-12(22)11-6-5-10(2)23-18(11)20(9)19(24)15-13(25-3)8-14(26-4)16(21)17(15)27-20/h5-6,8-9,12H,7,22H2,1-4H3/t9-,12?,20+/m1/s1. The van der Waals surface area contributed by atoms with Crippen LogP contribution in [0.5, 0.6) is 17.2 Å². The van der Waals surface area contributed by atoms with Crippen LogP contribution in [0, 0.1) is 12.8 Å². The maximum absolute atomic E-state index is 13.7. The van der Waals surface area contributed by atoms with Crippen LogP contribution >= 0.6 is 11.6 Å². The Morgan fingerprint density at radius 2 is 2.00 bits per heavy atom. The molecule has 27 heavy (non-hydrogen) atoms. The number of methoxy groups -OCH3 is 2. The second-order valence-electron chi connectivity index (χ2n) is 7.10. The number of aryl methyl sites for hydroxylation is 1. The number of ketones is 1. The normalized spacial score (nSPS) is 25.8. The summed E-state index contributed by atoms with van der Waals surface area (Å²) in [7, 11) is 3.00. The summed E-state index contributed by atoms with van der Waals surface area (Å²) >= 11 is 6.48. The zero-order valence-electron chi connectivity index (χ0n) is 15.6. The third-order valence-corrected chi connectivity index (χ3v) is 5.89. The van der Waals surface area contributed by atoms with Gasteiger partial charge >= 0.3 is 0 Å². The molecule has 1 aliphatic carbocycles. The SMILES string of the molecule is COc1cc(OC)c2c(c1Cl)O[C@]1(C2=O)c2nc(C)ccc2C(N)C[C@H]1C. The predicted octanol–water partition coefficient (Wildman–Crippen LogP) is 3.57. The summed E-state index contributed by atoms with van der Waals surface area (Å²) in [4.78, 5) is 18.4. The molecule has 4 rings (SSSR count). The van der Waals surface area contributed by atoms with Crippen molar-refractivity contribution in [3.63, 3.8) is 0 Å². The molecule has 6 nitrogen and oxygen atoms in total. The molecule has 2 heterocycles. The van der Waals surface area contributed by atoms with E-state index in [1.807, 2.05) is 26.0 Å². The molecule has 1 aromatic heterocycles. The van der Waals surface area contributed by atoms with Gasteiger partial charge in [0.05, 0.1) is 19.9 Å². The number of fused-ring (bicyclic) bond motifs is 3. The average molecular weight is 389 g/mol. The molecule has 2 N–H and O–H groups in total. The molecule has 1 unspecified atom stereocenters. The van der Waals surface area contributed by atoms with Crippen molar-refractivity contribution < 1.29 is 19.0 Å². The first kappa shape index (κ1) is 18.1. The highest BCUT2D eigenvalue weighted by Gasteiger charge is 2.59. The lowest BCUT2D eigenvalue weighted by molar-refractivity contribution is 0.0153. The molecule has 142 valence electrons. The first-order chi connectivity index (χ1) is 12.8. The van der Waals surface area contributed by atoms with Crippen LogP contribution in [0.3, 0.4) is 0 Å². The molecule has 0 fully saturated rings. The number of halogens is 1. The third-order valence-electron chi connectivity index (χ3n) is 5.54. The molecular formula is C20H21ClN2O4. The van der Waals surface area contributed by atoms with Crippen LogP contribution in [0.2, 0.25) is 5.02 Å². The molecule has 0 saturated carbocycles. The van der Waals surface area contributed by atoms with E-state index in [9.17, 15) is 4.79 Å². The van der Waals surface area contributed by atoms with E-state index < -0.39 is 5.60 Å². The summed E-state index contributed by atoms with van der Waals surface area (Å²) in [5.41, 5.74) is 7.56. The zero-order chi connectivity index (χ0) is 19.5. The van der Waals surface area contributed by atoms with Crippen molar-refractivity contribution in [1.29, 1.82) is 0 Å². The number of ether oxygens (including phenoxy) is 3. The summed E-state index contributed by atoms with van der Waals surface area (Å²) in [6.07, 6.45) is 0.592. The number of rotatable bonds is 2. The van der Waals surface area contributed by atoms with Crippen LogP contribution in [0.4, 0.5) is 0 Å². The van der Waals surface area contributed by atoms with Crippen molar-refractivity contribution >= 4 is 17.4 Å². The number of aromatic nitrogens is 1. The van der Waals surface area contributed by atoms with E-state index in [2.05, 4.69) is 4.98 Å². The second kappa shape index (κ2) is 6.11. The summed E-state index contributed by atoms with van der Waals surface area (Å²) in [6, 6.07) is 5.21. The Hall–Kier alpha value is -2.31. The number of benzene rings is 1. The van der Waals surface area contributed by atoms with Crippen LogP contribution in [-0.4, -0.2) is 25.0 Å². The number of hydrogen-bond donors (Lipinski definition) is 1. The summed E-state index contributed by atoms with van der Waals surface area (Å²) in [5, 5.41) is 0.245. The van der Waals surface area contributed by atoms with Gasteiger partial charge in [-0.1, -0.05) is 24.6 Å². The highest BCUT2D eigenvalue weighted by Crippen LogP contribution is 2.57. The Morgan fingerprint density at radius 3 is 2.67 bits per heavy atom. The van der Waals surface area contributed by atoms with E-state index in [1.165, 1.54) is 14.2 Å². The third kappa shape index (κ3) is 2.29. The van der Waals surface area contributed by atoms with Crippen molar-refractivity contribution in [3.8, 4) is 17.2 Å². The first-order valence-electron chi connectivity index (χ1n) is 8.77. The Morgan fingerprint density at radius 1 is 1.30 bits per heavy atom. The number of Topliss-reactive ketones (excluding diaryl/α,β-unsaturated/α-hetero) is 1. The van der Waals surface area contributed by atoms with Gasteiger partial charge in [0.15, 0.2) is 5.75 Å². The molecule has 0 amide bonds. The van der Waals surface area contributed by atoms with Crippen LogP contribution in [0.1, 0.15) is 46.7 Å². The van der Waals surface area contributed by atoms with Gasteiger partial charge in [0.1, 0.15) is 22.1 Å². The maximum atomic E-state index is 13.7. The Kier molecular flexibility index (Phi) is 4.09. The highest BCUT2D eigenvalue weighted by molar-refractivity contribution is 6.35. The summed E-state index contributed by atoms with van der Waals surface area (Å²) in [5.74, 6) is 0.618. The van der Waals surface area contributed by atoms with Crippen LogP contribution in [0.25, 0.3) is 0 Å². The van der Waals surface area contributed by atoms with Gasteiger partial charge in [0, 0.05) is 23.7 Å². The molecule has 2 aliphatic rings. The van der Waals surface area contributed by atoms with E-state index >= 15 is 0 Å². The lowest BCUT2D eigenvalue weighted by Gasteiger charge is -2.40. The fourth-order valence-electron chi connectivity index (χ4n) is 4.15. The molecule has 7 heteroatoms. The molecule has 0 bridgehead atoms. The molecule has 1 aliphatic heterocycles. The molecule has 1 aromatic carbocycles. The molecule has 0 saturated heterocycles. The van der Waals surface area contributed by atoms with Crippen LogP contribution in [-0.2, 0) is 5.60 Å². The zero-order valence-corrected chi connectivity index (χ0v) is 16.4. The molecule has 1 spiro atoms. The number of hydrogen-bond acceptors (Lipinski definition) is 6. The first-order valence-corrected chi connectivity index (χ1v) is 9.14. The minimum absolute atomic E-state index is 0.194. The minimum atomic E-state index is -1.27. The van der Waals surface area contributed by atoms with Gasteiger partial charge in [-0.25, -0.2) is 0 Å². The predicted molar refractivity (Wildman–Crippen MR) is 101 cm³/mol. The smallest absolute Gasteiger partial charge is 0.220 e. The molecular weight excluding hydrogens is 368 g/mol. The van der Waals surface area contributed by atoms with E-state index in [4.69, 9.17) is 31.5 Å². The van der Waals surface area contributed by atoms with E-state index in [0.717, 1.165) is 11.3 Å². The second-order valence-corrected chi connectivity index (χ2v) is 7.48. The van der Waals surface area contributed by atoms with Gasteiger partial charge in [0.2, 0.25) is 11.4 Å². The van der Waals surface area contributed by atoms with Crippen molar-refractivity contribution in [1.82, 2.24) is 4.98 Å². The Balaban J connectivity index is 2.01. The van der Waals surface area contributed by atoms with Crippen molar-refractivity contribution in [2.24, 2.45) is 11.7 Å². The Bertz CT molecular complexity index is 961. The minimum Gasteiger partial charge on any atom is -0.496 e. The monoisotopic (exact) mass is 388 g/mol. The summed E-state index contributed by atoms with van der Waals surface area (Å²) < 4.78 is 17.1. The quantitative estimate of drug-likeness (QED) is 0.846. The Labute approximate surface area is 162 Å². The number of nitrogens with zero attached hydrogens (tertiary/aromatic N) is 1. The van der Waals surface area contributed by atoms with Gasteiger partial charge in [-0.2, -0.15) is 0 Å². The lowest BCUT2D eigenvalue weighted by atomic mass is 9.70. The van der Waals surface area contributed by atoms with Crippen molar-refractivity contribution in [2.75, 3.05) is 14.2 Å². The number of pyridine rings is 1. The fourth-order valence-corrected chi connectivity index (χ4v) is 4.42. The van der Waals surface area contributed by atoms with Gasteiger partial charge in [-0.15, -0.1) is 0 Å². The van der Waals surface area contributed by atoms with Crippen LogP contribution in [0.15, 0.2) is 18.2 Å². The highest BCUT2D eigenvalue weighted by atomic mass is 35.5. The van der Waals surface area contributed by atoms with Gasteiger partial charge in [-0.3, -0.25) is 9.78 Å². The topological polar surface area (TPSA) is 83.7 Å². The van der Waals surface area contributed by atoms with E-state index in [-0.39, 0.29) is 28.5 Å². The van der Waals surface area contributed by atoms with Crippen molar-refractivity contribution in [3.05, 3.63) is 45.7 Å². The lowest BCUT2D eigenvalue weighted by Crippen LogP contribution is -2.49. The van der Waals surface area contributed by atoms with Gasteiger partial charge in [-0.05, 0) is 25.0 Å². The maximum Gasteiger partial charge on any atom is 0.220 e. The van der Waals surface area contributed by atoms with Crippen LogP contribution < -0.4 is 19.9 Å². The number of carbonyl (C=O) groups excluding carboxylic acids is 1. The van der Waals surface area contributed by atoms with Crippen molar-refractivity contribution in [2.45, 2.75) is 31.9 Å². The summed E-state index contributed by atoms with van der Waals surface area (Å²) in [6.45, 7) is 3.83. The molecule has 3 atom stereocenters. The molecule has 2 aromatic rings. The van der Waals surface area contributed by atoms with E-state index in [0.29, 0.717) is 29.2 Å². The van der Waals surface area contributed by atoms with Gasteiger partial charge < -0.3 is 19.9 Å². The number of carbonyl (C=O) groups is 1. The van der Waals surface area contributed by atoms with E-state index in [1.54, 1.807) is 6.07 Å². The number of nitrogens with two attached hydrogens (primary N) is 1. The average Bonchev–Trinajstić information content (AvgIpc) is 2.96. The molecule has 0 radical (unpaired) electrons.